The SMILES string of the molecule is CCN(CC)CCCNC1CCCC1CN. The van der Waals surface area contributed by atoms with E-state index in [1.54, 1.807) is 0 Å². The van der Waals surface area contributed by atoms with E-state index in [-0.39, 0.29) is 0 Å². The van der Waals surface area contributed by atoms with Crippen LogP contribution in [0.5, 0.6) is 0 Å². The van der Waals surface area contributed by atoms with Crippen molar-refractivity contribution in [3.05, 3.63) is 0 Å². The fraction of sp³-hybridized carbons (Fsp3) is 1.00. The van der Waals surface area contributed by atoms with Gasteiger partial charge in [-0.1, -0.05) is 20.3 Å². The van der Waals surface area contributed by atoms with Crippen molar-refractivity contribution >= 4 is 0 Å². The van der Waals surface area contributed by atoms with Crippen molar-refractivity contribution in [1.82, 2.24) is 10.2 Å². The molecule has 0 aromatic rings. The Morgan fingerprint density at radius 3 is 2.62 bits per heavy atom. The fourth-order valence-corrected chi connectivity index (χ4v) is 2.72. The lowest BCUT2D eigenvalue weighted by Gasteiger charge is -2.21. The van der Waals surface area contributed by atoms with Crippen LogP contribution in [0, 0.1) is 5.92 Å². The molecule has 0 aliphatic heterocycles. The zero-order chi connectivity index (χ0) is 11.8. The van der Waals surface area contributed by atoms with Gasteiger partial charge in [-0.2, -0.15) is 0 Å². The standard InChI is InChI=1S/C13H29N3/c1-3-16(4-2)10-6-9-15-13-8-5-7-12(13)11-14/h12-13,15H,3-11,14H2,1-2H3. The number of nitrogens with two attached hydrogens (primary N) is 1. The van der Waals surface area contributed by atoms with Gasteiger partial charge < -0.3 is 16.0 Å². The molecule has 3 N–H and O–H groups in total. The van der Waals surface area contributed by atoms with E-state index in [0.29, 0.717) is 6.04 Å². The Hall–Kier alpha value is -0.120. The summed E-state index contributed by atoms with van der Waals surface area (Å²) in [5, 5.41) is 3.68. The zero-order valence-electron chi connectivity index (χ0n) is 11.0. The summed E-state index contributed by atoms with van der Waals surface area (Å²) in [6.07, 6.45) is 5.27. The lowest BCUT2D eigenvalue weighted by atomic mass is 10.0. The van der Waals surface area contributed by atoms with Gasteiger partial charge in [-0.15, -0.1) is 0 Å². The summed E-state index contributed by atoms with van der Waals surface area (Å²) in [4.78, 5) is 2.48. The third-order valence-electron chi connectivity index (χ3n) is 3.91. The predicted octanol–water partition coefficient (Wildman–Crippen LogP) is 1.44. The monoisotopic (exact) mass is 227 g/mol. The molecule has 2 atom stereocenters. The van der Waals surface area contributed by atoms with Crippen molar-refractivity contribution in [1.29, 1.82) is 0 Å². The van der Waals surface area contributed by atoms with Crippen LogP contribution in [0.4, 0.5) is 0 Å². The second kappa shape index (κ2) is 8.04. The van der Waals surface area contributed by atoms with Crippen LogP contribution < -0.4 is 11.1 Å². The van der Waals surface area contributed by atoms with Crippen molar-refractivity contribution in [3.8, 4) is 0 Å². The Morgan fingerprint density at radius 1 is 1.25 bits per heavy atom. The molecule has 0 radical (unpaired) electrons. The molecule has 1 fully saturated rings. The van der Waals surface area contributed by atoms with Gasteiger partial charge in [0.1, 0.15) is 0 Å². The molecule has 16 heavy (non-hydrogen) atoms. The maximum absolute atomic E-state index is 5.77. The Balaban J connectivity index is 2.06. The minimum absolute atomic E-state index is 0.696. The van der Waals surface area contributed by atoms with Gasteiger partial charge >= 0.3 is 0 Å². The summed E-state index contributed by atoms with van der Waals surface area (Å²) < 4.78 is 0. The average Bonchev–Trinajstić information content (AvgIpc) is 2.77. The Bertz CT molecular complexity index is 169. The molecule has 1 saturated carbocycles. The highest BCUT2D eigenvalue weighted by Gasteiger charge is 2.24. The molecule has 2 unspecified atom stereocenters. The predicted molar refractivity (Wildman–Crippen MR) is 70.6 cm³/mol. The molecule has 1 aliphatic rings. The second-order valence-corrected chi connectivity index (χ2v) is 4.87. The Labute approximate surface area is 101 Å². The first kappa shape index (κ1) is 13.9. The van der Waals surface area contributed by atoms with E-state index in [9.17, 15) is 0 Å². The normalized spacial score (nSPS) is 25.5. The summed E-state index contributed by atoms with van der Waals surface area (Å²) in [5.74, 6) is 0.730. The molecule has 0 aromatic heterocycles. The first-order valence-electron chi connectivity index (χ1n) is 6.97. The summed E-state index contributed by atoms with van der Waals surface area (Å²) >= 11 is 0. The molecule has 3 nitrogen and oxygen atoms in total. The molecule has 0 saturated heterocycles. The van der Waals surface area contributed by atoms with E-state index in [1.165, 1.54) is 45.3 Å². The third kappa shape index (κ3) is 4.40. The van der Waals surface area contributed by atoms with E-state index in [4.69, 9.17) is 5.73 Å². The van der Waals surface area contributed by atoms with Gasteiger partial charge in [-0.25, -0.2) is 0 Å². The second-order valence-electron chi connectivity index (χ2n) is 4.87. The quantitative estimate of drug-likeness (QED) is 0.617. The molecule has 0 bridgehead atoms. The van der Waals surface area contributed by atoms with Gasteiger partial charge in [0.15, 0.2) is 0 Å². The van der Waals surface area contributed by atoms with Crippen molar-refractivity contribution in [2.75, 3.05) is 32.7 Å². The molecule has 0 spiro atoms. The van der Waals surface area contributed by atoms with Crippen LogP contribution in [0.2, 0.25) is 0 Å². The highest BCUT2D eigenvalue weighted by molar-refractivity contribution is 4.83. The van der Waals surface area contributed by atoms with E-state index >= 15 is 0 Å². The number of nitrogens with one attached hydrogen (secondary N) is 1. The van der Waals surface area contributed by atoms with Crippen LogP contribution in [0.15, 0.2) is 0 Å². The smallest absolute Gasteiger partial charge is 0.0107 e. The first-order chi connectivity index (χ1) is 7.81. The van der Waals surface area contributed by atoms with E-state index < -0.39 is 0 Å². The highest BCUT2D eigenvalue weighted by Crippen LogP contribution is 2.24. The molecule has 0 heterocycles. The van der Waals surface area contributed by atoms with Crippen LogP contribution >= 0.6 is 0 Å². The Kier molecular flexibility index (Phi) is 7.01. The number of hydrogen-bond acceptors (Lipinski definition) is 3. The van der Waals surface area contributed by atoms with Gasteiger partial charge in [0.25, 0.3) is 0 Å². The van der Waals surface area contributed by atoms with Crippen LogP contribution in [-0.4, -0.2) is 43.7 Å². The van der Waals surface area contributed by atoms with Crippen molar-refractivity contribution in [3.63, 3.8) is 0 Å². The number of nitrogens with zero attached hydrogens (tertiary/aromatic N) is 1. The lowest BCUT2D eigenvalue weighted by Crippen LogP contribution is -2.37. The largest absolute Gasteiger partial charge is 0.330 e. The van der Waals surface area contributed by atoms with E-state index in [0.717, 1.165) is 19.0 Å². The number of hydrogen-bond donors (Lipinski definition) is 2. The van der Waals surface area contributed by atoms with E-state index in [1.807, 2.05) is 0 Å². The molecule has 1 rings (SSSR count). The molecule has 3 heteroatoms. The van der Waals surface area contributed by atoms with Crippen molar-refractivity contribution in [2.24, 2.45) is 11.7 Å². The van der Waals surface area contributed by atoms with Crippen LogP contribution in [0.3, 0.4) is 0 Å². The van der Waals surface area contributed by atoms with Crippen LogP contribution in [0.25, 0.3) is 0 Å². The maximum Gasteiger partial charge on any atom is 0.0107 e. The van der Waals surface area contributed by atoms with Gasteiger partial charge in [0.05, 0.1) is 0 Å². The first-order valence-corrected chi connectivity index (χ1v) is 6.97. The van der Waals surface area contributed by atoms with Gasteiger partial charge in [0, 0.05) is 6.04 Å². The van der Waals surface area contributed by atoms with Gasteiger partial charge in [-0.05, 0) is 57.9 Å². The Morgan fingerprint density at radius 2 is 2.00 bits per heavy atom. The average molecular weight is 227 g/mol. The van der Waals surface area contributed by atoms with Crippen molar-refractivity contribution < 1.29 is 0 Å². The third-order valence-corrected chi connectivity index (χ3v) is 3.91. The fourth-order valence-electron chi connectivity index (χ4n) is 2.72. The molecule has 0 aromatic carbocycles. The lowest BCUT2D eigenvalue weighted by molar-refractivity contribution is 0.292. The highest BCUT2D eigenvalue weighted by atomic mass is 15.1. The van der Waals surface area contributed by atoms with E-state index in [2.05, 4.69) is 24.1 Å². The van der Waals surface area contributed by atoms with Crippen LogP contribution in [-0.2, 0) is 0 Å². The zero-order valence-corrected chi connectivity index (χ0v) is 11.0. The van der Waals surface area contributed by atoms with Gasteiger partial charge in [0.2, 0.25) is 0 Å². The summed E-state index contributed by atoms with van der Waals surface area (Å²) in [7, 11) is 0. The molecule has 96 valence electrons. The number of rotatable bonds is 8. The molecular formula is C13H29N3. The van der Waals surface area contributed by atoms with Crippen LogP contribution in [0.1, 0.15) is 39.5 Å². The van der Waals surface area contributed by atoms with Gasteiger partial charge in [-0.3, -0.25) is 0 Å². The summed E-state index contributed by atoms with van der Waals surface area (Å²) in [6.45, 7) is 10.0. The van der Waals surface area contributed by atoms with Crippen molar-refractivity contribution in [2.45, 2.75) is 45.6 Å². The molecule has 1 aliphatic carbocycles. The molecule has 0 amide bonds. The summed E-state index contributed by atoms with van der Waals surface area (Å²) in [6, 6.07) is 0.696. The summed E-state index contributed by atoms with van der Waals surface area (Å²) in [5.41, 5.74) is 5.77. The molecular weight excluding hydrogens is 198 g/mol. The maximum atomic E-state index is 5.77. The topological polar surface area (TPSA) is 41.3 Å². The minimum atomic E-state index is 0.696. The minimum Gasteiger partial charge on any atom is -0.330 e.